The molecule has 1 fully saturated rings. The van der Waals surface area contributed by atoms with E-state index in [0.717, 1.165) is 29.4 Å². The van der Waals surface area contributed by atoms with Gasteiger partial charge in [-0.1, -0.05) is 24.1 Å². The molecule has 158 valence electrons. The van der Waals surface area contributed by atoms with Gasteiger partial charge in [0.05, 0.1) is 11.1 Å². The highest BCUT2D eigenvalue weighted by molar-refractivity contribution is 5.82. The number of piperazine rings is 1. The van der Waals surface area contributed by atoms with Crippen LogP contribution in [0.25, 0.3) is 10.9 Å². The minimum absolute atomic E-state index is 0.0855. The molecule has 4 nitrogen and oxygen atoms in total. The van der Waals surface area contributed by atoms with E-state index < -0.39 is 0 Å². The van der Waals surface area contributed by atoms with E-state index in [1.54, 1.807) is 18.3 Å². The van der Waals surface area contributed by atoms with Crippen LogP contribution in [0.1, 0.15) is 30.9 Å². The molecule has 1 saturated heterocycles. The van der Waals surface area contributed by atoms with E-state index in [0.29, 0.717) is 26.1 Å². The summed E-state index contributed by atoms with van der Waals surface area (Å²) < 4.78 is 13.7. The lowest BCUT2D eigenvalue weighted by molar-refractivity contribution is -0.133. The van der Waals surface area contributed by atoms with Gasteiger partial charge in [-0.25, -0.2) is 4.39 Å². The predicted molar refractivity (Wildman–Crippen MR) is 122 cm³/mol. The van der Waals surface area contributed by atoms with E-state index in [1.165, 1.54) is 11.6 Å². The largest absolute Gasteiger partial charge is 0.368 e. The third-order valence-corrected chi connectivity index (χ3v) is 5.99. The summed E-state index contributed by atoms with van der Waals surface area (Å²) in [5.41, 5.74) is 3.40. The number of hydrogen-bond acceptors (Lipinski definition) is 3. The number of rotatable bonds is 5. The summed E-state index contributed by atoms with van der Waals surface area (Å²) in [6.07, 6.45) is 9.38. The van der Waals surface area contributed by atoms with Crippen molar-refractivity contribution >= 4 is 22.5 Å². The van der Waals surface area contributed by atoms with Gasteiger partial charge in [0.2, 0.25) is 5.91 Å². The number of halogens is 1. The number of pyridine rings is 1. The Hall–Kier alpha value is -3.39. The lowest BCUT2D eigenvalue weighted by atomic mass is 10.0. The lowest BCUT2D eigenvalue weighted by Crippen LogP contribution is -2.54. The molecule has 5 heteroatoms. The topological polar surface area (TPSA) is 36.4 Å². The van der Waals surface area contributed by atoms with E-state index in [2.05, 4.69) is 34.9 Å². The van der Waals surface area contributed by atoms with Crippen LogP contribution in [0.15, 0.2) is 54.7 Å². The number of aryl methyl sites for hydroxylation is 1. The average Bonchev–Trinajstić information content (AvgIpc) is 2.79. The molecule has 1 amide bonds. The Morgan fingerprint density at radius 2 is 2.10 bits per heavy atom. The Labute approximate surface area is 182 Å². The van der Waals surface area contributed by atoms with Gasteiger partial charge in [0.25, 0.3) is 0 Å². The minimum Gasteiger partial charge on any atom is -0.368 e. The number of fused-ring (bicyclic) bond motifs is 1. The first-order valence-corrected chi connectivity index (χ1v) is 10.7. The second kappa shape index (κ2) is 9.18. The summed E-state index contributed by atoms with van der Waals surface area (Å²) in [4.78, 5) is 21.4. The highest BCUT2D eigenvalue weighted by atomic mass is 19.1. The Balaban J connectivity index is 1.33. The molecule has 0 bridgehead atoms. The Morgan fingerprint density at radius 3 is 2.90 bits per heavy atom. The molecule has 0 unspecified atom stereocenters. The van der Waals surface area contributed by atoms with Gasteiger partial charge in [0, 0.05) is 49.4 Å². The number of benzene rings is 2. The van der Waals surface area contributed by atoms with Crippen LogP contribution in [0, 0.1) is 18.2 Å². The van der Waals surface area contributed by atoms with Crippen LogP contribution >= 0.6 is 0 Å². The molecule has 0 N–H and O–H groups in total. The van der Waals surface area contributed by atoms with Gasteiger partial charge in [0.1, 0.15) is 5.82 Å². The second-order valence-corrected chi connectivity index (χ2v) is 8.03. The van der Waals surface area contributed by atoms with E-state index in [-0.39, 0.29) is 23.3 Å². The van der Waals surface area contributed by atoms with Gasteiger partial charge in [-0.05, 0) is 55.7 Å². The maximum absolute atomic E-state index is 13.7. The molecule has 0 radical (unpaired) electrons. The van der Waals surface area contributed by atoms with Gasteiger partial charge in [-0.3, -0.25) is 9.78 Å². The Morgan fingerprint density at radius 1 is 1.23 bits per heavy atom. The van der Waals surface area contributed by atoms with Gasteiger partial charge in [-0.15, -0.1) is 6.42 Å². The molecule has 1 aliphatic rings. The van der Waals surface area contributed by atoms with Gasteiger partial charge >= 0.3 is 0 Å². The van der Waals surface area contributed by atoms with Crippen molar-refractivity contribution in [2.45, 2.75) is 32.2 Å². The van der Waals surface area contributed by atoms with E-state index in [1.807, 2.05) is 23.1 Å². The molecule has 1 atom stereocenters. The number of hydrogen-bond donors (Lipinski definition) is 0. The normalized spacial score (nSPS) is 16.4. The summed E-state index contributed by atoms with van der Waals surface area (Å²) in [7, 11) is 0. The fraction of sp³-hybridized carbons (Fsp3) is 0.308. The number of carbonyl (C=O) groups excluding carboxylic acids is 1. The zero-order valence-corrected chi connectivity index (χ0v) is 17.7. The van der Waals surface area contributed by atoms with Crippen molar-refractivity contribution < 1.29 is 9.18 Å². The highest BCUT2D eigenvalue weighted by Gasteiger charge is 2.27. The quantitative estimate of drug-likeness (QED) is 0.579. The minimum atomic E-state index is -0.380. The van der Waals surface area contributed by atoms with E-state index in [4.69, 9.17) is 6.42 Å². The predicted octanol–water partition coefficient (Wildman–Crippen LogP) is 4.42. The number of nitrogens with zero attached hydrogens (tertiary/aromatic N) is 3. The van der Waals surface area contributed by atoms with E-state index in [9.17, 15) is 9.18 Å². The van der Waals surface area contributed by atoms with Crippen LogP contribution in [-0.2, 0) is 11.2 Å². The van der Waals surface area contributed by atoms with Crippen LogP contribution in [0.4, 0.5) is 10.1 Å². The van der Waals surface area contributed by atoms with Crippen LogP contribution in [-0.4, -0.2) is 41.5 Å². The van der Waals surface area contributed by atoms with Crippen molar-refractivity contribution in [3.8, 4) is 12.3 Å². The Kier molecular flexibility index (Phi) is 6.18. The molecule has 2 heterocycles. The fourth-order valence-electron chi connectivity index (χ4n) is 4.34. The molecule has 0 saturated carbocycles. The van der Waals surface area contributed by atoms with Crippen LogP contribution < -0.4 is 4.90 Å². The number of anilines is 1. The highest BCUT2D eigenvalue weighted by Crippen LogP contribution is 2.23. The summed E-state index contributed by atoms with van der Waals surface area (Å²) in [5, 5.41) is 1.16. The third kappa shape index (κ3) is 4.54. The molecule has 31 heavy (non-hydrogen) atoms. The van der Waals surface area contributed by atoms with Crippen molar-refractivity contribution in [3.05, 3.63) is 71.7 Å². The number of carbonyl (C=O) groups is 1. The molecular weight excluding hydrogens is 389 g/mol. The monoisotopic (exact) mass is 415 g/mol. The summed E-state index contributed by atoms with van der Waals surface area (Å²) in [6, 6.07) is 15.1. The van der Waals surface area contributed by atoms with Gasteiger partial charge in [0.15, 0.2) is 0 Å². The fourth-order valence-corrected chi connectivity index (χ4v) is 4.34. The standard InChI is InChI=1S/C26H26FN3O/c1-3-20-17-22(12-13-24(20)27)29-15-16-30(19(2)18-29)26(31)11-5-8-21-7-4-10-25-23(21)9-6-14-28-25/h1,4,6-7,9-10,12-14,17,19H,5,8,11,15-16,18H2,2H3/t19-/m0/s1. The zero-order valence-electron chi connectivity index (χ0n) is 17.7. The van der Waals surface area contributed by atoms with Crippen molar-refractivity contribution in [2.75, 3.05) is 24.5 Å². The maximum Gasteiger partial charge on any atom is 0.222 e. The number of terminal acetylenes is 1. The van der Waals surface area contributed by atoms with Crippen molar-refractivity contribution in [1.82, 2.24) is 9.88 Å². The first-order chi connectivity index (χ1) is 15.1. The van der Waals surface area contributed by atoms with Crippen molar-refractivity contribution in [2.24, 2.45) is 0 Å². The zero-order chi connectivity index (χ0) is 21.8. The summed E-state index contributed by atoms with van der Waals surface area (Å²) in [6.45, 7) is 4.13. The molecule has 1 aromatic heterocycles. The van der Waals surface area contributed by atoms with Gasteiger partial charge in [-0.2, -0.15) is 0 Å². The third-order valence-electron chi connectivity index (χ3n) is 5.99. The van der Waals surface area contributed by atoms with Crippen LogP contribution in [0.5, 0.6) is 0 Å². The molecular formula is C26H26FN3O. The van der Waals surface area contributed by atoms with Crippen molar-refractivity contribution in [1.29, 1.82) is 0 Å². The van der Waals surface area contributed by atoms with Crippen LogP contribution in [0.2, 0.25) is 0 Å². The lowest BCUT2D eigenvalue weighted by Gasteiger charge is -2.41. The molecule has 2 aromatic carbocycles. The SMILES string of the molecule is C#Cc1cc(N2CCN(C(=O)CCCc3cccc4ncccc34)[C@@H](C)C2)ccc1F. The summed E-state index contributed by atoms with van der Waals surface area (Å²) in [5.74, 6) is 2.20. The molecule has 0 spiro atoms. The van der Waals surface area contributed by atoms with Crippen molar-refractivity contribution in [3.63, 3.8) is 0 Å². The second-order valence-electron chi connectivity index (χ2n) is 8.03. The first-order valence-electron chi connectivity index (χ1n) is 10.7. The smallest absolute Gasteiger partial charge is 0.222 e. The summed E-state index contributed by atoms with van der Waals surface area (Å²) >= 11 is 0. The molecule has 1 aliphatic heterocycles. The average molecular weight is 416 g/mol. The van der Waals surface area contributed by atoms with Gasteiger partial charge < -0.3 is 9.80 Å². The molecule has 4 rings (SSSR count). The number of amides is 1. The van der Waals surface area contributed by atoms with Crippen LogP contribution in [0.3, 0.4) is 0 Å². The molecule has 3 aromatic rings. The van der Waals surface area contributed by atoms with E-state index >= 15 is 0 Å². The number of aromatic nitrogens is 1. The molecule has 0 aliphatic carbocycles. The Bertz CT molecular complexity index is 1130. The maximum atomic E-state index is 13.7. The first kappa shape index (κ1) is 20.9.